The molecule has 0 aromatic heterocycles. The Morgan fingerprint density at radius 3 is 2.50 bits per heavy atom. The number of nitrogens with one attached hydrogen (secondary N) is 1. The molecular formula is C14H21ClN2O. The minimum Gasteiger partial charge on any atom is -0.391 e. The molecule has 3 rings (SSSR count). The highest BCUT2D eigenvalue weighted by Crippen LogP contribution is 2.40. The maximum atomic E-state index is 10.4. The molecule has 18 heavy (non-hydrogen) atoms. The highest BCUT2D eigenvalue weighted by molar-refractivity contribution is 5.85. The molecule has 0 saturated carbocycles. The lowest BCUT2D eigenvalue weighted by molar-refractivity contribution is 0.0871. The lowest BCUT2D eigenvalue weighted by Crippen LogP contribution is -2.56. The highest BCUT2D eigenvalue weighted by Gasteiger charge is 2.48. The molecule has 1 spiro atoms. The van der Waals surface area contributed by atoms with E-state index in [0.29, 0.717) is 0 Å². The predicted octanol–water partition coefficient (Wildman–Crippen LogP) is 1.80. The van der Waals surface area contributed by atoms with Gasteiger partial charge in [0.05, 0.1) is 11.6 Å². The maximum Gasteiger partial charge on any atom is 0.0789 e. The molecule has 2 heterocycles. The molecule has 2 aliphatic rings. The molecular weight excluding hydrogens is 248 g/mol. The molecule has 1 atom stereocenters. The zero-order valence-corrected chi connectivity index (χ0v) is 11.3. The smallest absolute Gasteiger partial charge is 0.0789 e. The number of benzene rings is 1. The molecule has 4 heteroatoms. The third-order valence-electron chi connectivity index (χ3n) is 4.32. The van der Waals surface area contributed by atoms with Crippen molar-refractivity contribution < 1.29 is 5.11 Å². The number of halogens is 1. The van der Waals surface area contributed by atoms with Crippen LogP contribution in [0.3, 0.4) is 0 Å². The largest absolute Gasteiger partial charge is 0.391 e. The lowest BCUT2D eigenvalue weighted by Gasteiger charge is -2.45. The fourth-order valence-corrected chi connectivity index (χ4v) is 3.38. The molecule has 1 unspecified atom stereocenters. The van der Waals surface area contributed by atoms with Crippen molar-refractivity contribution in [2.75, 3.05) is 24.5 Å². The van der Waals surface area contributed by atoms with Crippen molar-refractivity contribution in [2.24, 2.45) is 0 Å². The summed E-state index contributed by atoms with van der Waals surface area (Å²) in [5, 5.41) is 13.8. The Morgan fingerprint density at radius 1 is 1.17 bits per heavy atom. The van der Waals surface area contributed by atoms with E-state index >= 15 is 0 Å². The normalized spacial score (nSPS) is 26.1. The van der Waals surface area contributed by atoms with Crippen molar-refractivity contribution in [3.05, 3.63) is 30.3 Å². The molecule has 2 aliphatic heterocycles. The summed E-state index contributed by atoms with van der Waals surface area (Å²) in [5.41, 5.74) is 1.23. The summed E-state index contributed by atoms with van der Waals surface area (Å²) in [6.45, 7) is 3.01. The lowest BCUT2D eigenvalue weighted by atomic mass is 9.83. The number of piperidine rings is 1. The van der Waals surface area contributed by atoms with Gasteiger partial charge in [-0.25, -0.2) is 0 Å². The van der Waals surface area contributed by atoms with E-state index in [-0.39, 0.29) is 24.0 Å². The van der Waals surface area contributed by atoms with E-state index in [1.54, 1.807) is 0 Å². The van der Waals surface area contributed by atoms with Crippen LogP contribution in [0.2, 0.25) is 0 Å². The van der Waals surface area contributed by atoms with Crippen LogP contribution in [0.1, 0.15) is 19.3 Å². The first-order valence-corrected chi connectivity index (χ1v) is 6.54. The summed E-state index contributed by atoms with van der Waals surface area (Å²) in [6.07, 6.45) is 2.81. The summed E-state index contributed by atoms with van der Waals surface area (Å²) in [4.78, 5) is 2.43. The average molecular weight is 269 g/mol. The van der Waals surface area contributed by atoms with Crippen LogP contribution in [-0.4, -0.2) is 36.4 Å². The molecule has 3 nitrogen and oxygen atoms in total. The molecule has 0 aliphatic carbocycles. The Bertz CT molecular complexity index is 379. The minimum absolute atomic E-state index is 0. The van der Waals surface area contributed by atoms with Gasteiger partial charge in [0.1, 0.15) is 0 Å². The van der Waals surface area contributed by atoms with E-state index < -0.39 is 0 Å². The number of aliphatic hydroxyl groups is 1. The van der Waals surface area contributed by atoms with E-state index in [9.17, 15) is 5.11 Å². The van der Waals surface area contributed by atoms with Crippen molar-refractivity contribution in [1.29, 1.82) is 0 Å². The molecule has 1 aromatic carbocycles. The standard InChI is InChI=1S/C14H20N2O.ClH/c17-13-6-11-16(12-4-2-1-3-5-12)14(13)7-9-15-10-8-14;/h1-5,13,15,17H,6-11H2;1H. The Morgan fingerprint density at radius 2 is 1.83 bits per heavy atom. The van der Waals surface area contributed by atoms with Crippen LogP contribution >= 0.6 is 12.4 Å². The third kappa shape index (κ3) is 2.11. The molecule has 1 aromatic rings. The number of hydrogen-bond acceptors (Lipinski definition) is 3. The van der Waals surface area contributed by atoms with E-state index in [1.807, 2.05) is 6.07 Å². The van der Waals surface area contributed by atoms with Crippen molar-refractivity contribution in [3.63, 3.8) is 0 Å². The van der Waals surface area contributed by atoms with Gasteiger partial charge < -0.3 is 15.3 Å². The molecule has 2 saturated heterocycles. The molecule has 100 valence electrons. The number of hydrogen-bond donors (Lipinski definition) is 2. The number of rotatable bonds is 1. The Balaban J connectivity index is 0.00000120. The Labute approximate surface area is 115 Å². The quantitative estimate of drug-likeness (QED) is 0.815. The van der Waals surface area contributed by atoms with Gasteiger partial charge in [0.25, 0.3) is 0 Å². The summed E-state index contributed by atoms with van der Waals surface area (Å²) in [6, 6.07) is 10.5. The first-order valence-electron chi connectivity index (χ1n) is 6.54. The fourth-order valence-electron chi connectivity index (χ4n) is 3.38. The second-order valence-corrected chi connectivity index (χ2v) is 5.15. The maximum absolute atomic E-state index is 10.4. The van der Waals surface area contributed by atoms with Crippen molar-refractivity contribution in [1.82, 2.24) is 5.32 Å². The molecule has 2 fully saturated rings. The van der Waals surface area contributed by atoms with Gasteiger partial charge in [0.2, 0.25) is 0 Å². The number of para-hydroxylation sites is 1. The van der Waals surface area contributed by atoms with Gasteiger partial charge >= 0.3 is 0 Å². The number of aliphatic hydroxyl groups excluding tert-OH is 1. The van der Waals surface area contributed by atoms with Gasteiger partial charge in [-0.05, 0) is 44.5 Å². The second-order valence-electron chi connectivity index (χ2n) is 5.15. The first kappa shape index (κ1) is 13.7. The van der Waals surface area contributed by atoms with E-state index in [0.717, 1.165) is 38.9 Å². The van der Waals surface area contributed by atoms with Crippen LogP contribution in [0.15, 0.2) is 30.3 Å². The molecule has 0 radical (unpaired) electrons. The molecule has 0 amide bonds. The number of anilines is 1. The summed E-state index contributed by atoms with van der Waals surface area (Å²) < 4.78 is 0. The summed E-state index contributed by atoms with van der Waals surface area (Å²) in [7, 11) is 0. The monoisotopic (exact) mass is 268 g/mol. The summed E-state index contributed by atoms with van der Waals surface area (Å²) in [5.74, 6) is 0. The van der Waals surface area contributed by atoms with Gasteiger partial charge in [-0.3, -0.25) is 0 Å². The average Bonchev–Trinajstić information content (AvgIpc) is 2.69. The first-order chi connectivity index (χ1) is 8.33. The SMILES string of the molecule is Cl.OC1CCN(c2ccccc2)C12CCNCC2. The van der Waals surface area contributed by atoms with Gasteiger partial charge in [0.15, 0.2) is 0 Å². The van der Waals surface area contributed by atoms with Gasteiger partial charge in [-0.2, -0.15) is 0 Å². The van der Waals surface area contributed by atoms with Crippen LogP contribution in [0.25, 0.3) is 0 Å². The van der Waals surface area contributed by atoms with Crippen molar-refractivity contribution >= 4 is 18.1 Å². The topological polar surface area (TPSA) is 35.5 Å². The van der Waals surface area contributed by atoms with Crippen LogP contribution in [0.5, 0.6) is 0 Å². The van der Waals surface area contributed by atoms with Crippen molar-refractivity contribution in [3.8, 4) is 0 Å². The fraction of sp³-hybridized carbons (Fsp3) is 0.571. The predicted molar refractivity (Wildman–Crippen MR) is 76.5 cm³/mol. The van der Waals surface area contributed by atoms with Gasteiger partial charge in [-0.1, -0.05) is 18.2 Å². The zero-order chi connectivity index (χ0) is 11.7. The van der Waals surface area contributed by atoms with Gasteiger partial charge in [0, 0.05) is 12.2 Å². The van der Waals surface area contributed by atoms with Crippen molar-refractivity contribution in [2.45, 2.75) is 30.9 Å². The van der Waals surface area contributed by atoms with E-state index in [2.05, 4.69) is 34.5 Å². The van der Waals surface area contributed by atoms with E-state index in [1.165, 1.54) is 5.69 Å². The Hall–Kier alpha value is -0.770. The second kappa shape index (κ2) is 5.47. The van der Waals surface area contributed by atoms with Crippen LogP contribution in [0.4, 0.5) is 5.69 Å². The van der Waals surface area contributed by atoms with E-state index in [4.69, 9.17) is 0 Å². The zero-order valence-electron chi connectivity index (χ0n) is 10.5. The van der Waals surface area contributed by atoms with Gasteiger partial charge in [-0.15, -0.1) is 12.4 Å². The molecule has 2 N–H and O–H groups in total. The number of nitrogens with zero attached hydrogens (tertiary/aromatic N) is 1. The Kier molecular flexibility index (Phi) is 4.15. The minimum atomic E-state index is -0.176. The van der Waals surface area contributed by atoms with Crippen LogP contribution < -0.4 is 10.2 Å². The molecule has 0 bridgehead atoms. The van der Waals surface area contributed by atoms with Crippen LogP contribution in [-0.2, 0) is 0 Å². The summed E-state index contributed by atoms with van der Waals surface area (Å²) >= 11 is 0. The van der Waals surface area contributed by atoms with Crippen LogP contribution in [0, 0.1) is 0 Å². The third-order valence-corrected chi connectivity index (χ3v) is 4.32. The highest BCUT2D eigenvalue weighted by atomic mass is 35.5.